The minimum absolute atomic E-state index is 0.0554. The molecule has 0 unspecified atom stereocenters. The average Bonchev–Trinajstić information content (AvgIpc) is 2.31. The zero-order valence-corrected chi connectivity index (χ0v) is 11.7. The van der Waals surface area contributed by atoms with E-state index in [1.54, 1.807) is 6.07 Å². The van der Waals surface area contributed by atoms with Gasteiger partial charge in [0.1, 0.15) is 0 Å². The number of ether oxygens (including phenoxy) is 1. The first-order chi connectivity index (χ1) is 8.80. The third-order valence-electron chi connectivity index (χ3n) is 3.39. The standard InChI is InChI=1S/C12H19N3O3S/c1-12(4-6-18-7-5-12)15-11-8-9(19(14,16)17)2-3-10(11)13/h2-3,8,15H,4-7,13H2,1H3,(H2,14,16,17). The predicted molar refractivity (Wildman–Crippen MR) is 74.3 cm³/mol. The molecule has 0 radical (unpaired) electrons. The maximum atomic E-state index is 11.4. The van der Waals surface area contributed by atoms with Crippen LogP contribution in [0.4, 0.5) is 11.4 Å². The van der Waals surface area contributed by atoms with Crippen LogP contribution in [0.5, 0.6) is 0 Å². The summed E-state index contributed by atoms with van der Waals surface area (Å²) in [5.74, 6) is 0. The van der Waals surface area contributed by atoms with Crippen molar-refractivity contribution in [3.8, 4) is 0 Å². The van der Waals surface area contributed by atoms with Gasteiger partial charge in [0.25, 0.3) is 0 Å². The molecule has 1 aromatic carbocycles. The molecule has 0 aliphatic carbocycles. The highest BCUT2D eigenvalue weighted by atomic mass is 32.2. The summed E-state index contributed by atoms with van der Waals surface area (Å²) < 4.78 is 28.0. The molecule has 5 N–H and O–H groups in total. The third-order valence-corrected chi connectivity index (χ3v) is 4.30. The smallest absolute Gasteiger partial charge is 0.238 e. The zero-order valence-electron chi connectivity index (χ0n) is 10.8. The number of benzene rings is 1. The summed E-state index contributed by atoms with van der Waals surface area (Å²) in [6, 6.07) is 4.43. The molecule has 1 aliphatic rings. The van der Waals surface area contributed by atoms with Crippen molar-refractivity contribution in [1.29, 1.82) is 0 Å². The van der Waals surface area contributed by atoms with Gasteiger partial charge in [-0.3, -0.25) is 0 Å². The number of nitrogens with two attached hydrogens (primary N) is 2. The molecule has 0 spiro atoms. The summed E-state index contributed by atoms with van der Waals surface area (Å²) in [6.07, 6.45) is 1.68. The summed E-state index contributed by atoms with van der Waals surface area (Å²) in [4.78, 5) is 0.0554. The topological polar surface area (TPSA) is 107 Å². The highest BCUT2D eigenvalue weighted by Crippen LogP contribution is 2.30. The lowest BCUT2D eigenvalue weighted by Crippen LogP contribution is -2.40. The number of nitrogens with one attached hydrogen (secondary N) is 1. The molecule has 0 atom stereocenters. The summed E-state index contributed by atoms with van der Waals surface area (Å²) in [5, 5.41) is 8.44. The molecule has 1 fully saturated rings. The number of anilines is 2. The first kappa shape index (κ1) is 14.1. The van der Waals surface area contributed by atoms with Gasteiger partial charge in [-0.2, -0.15) is 0 Å². The molecule has 0 aromatic heterocycles. The van der Waals surface area contributed by atoms with E-state index in [1.165, 1.54) is 12.1 Å². The molecule has 106 valence electrons. The number of hydrogen-bond acceptors (Lipinski definition) is 5. The Morgan fingerprint density at radius 1 is 1.32 bits per heavy atom. The van der Waals surface area contributed by atoms with Crippen LogP contribution in [-0.2, 0) is 14.8 Å². The average molecular weight is 285 g/mol. The van der Waals surface area contributed by atoms with Crippen LogP contribution in [0.15, 0.2) is 23.1 Å². The van der Waals surface area contributed by atoms with E-state index in [1.807, 2.05) is 0 Å². The molecule has 1 aliphatic heterocycles. The second-order valence-corrected chi connectivity index (χ2v) is 6.65. The van der Waals surface area contributed by atoms with Crippen LogP contribution in [0.1, 0.15) is 19.8 Å². The van der Waals surface area contributed by atoms with Crippen molar-refractivity contribution in [2.45, 2.75) is 30.2 Å². The minimum atomic E-state index is -3.72. The first-order valence-electron chi connectivity index (χ1n) is 6.08. The molecule has 2 rings (SSSR count). The van der Waals surface area contributed by atoms with Gasteiger partial charge in [0, 0.05) is 18.8 Å². The Hall–Kier alpha value is -1.31. The Labute approximate surface area is 113 Å². The summed E-state index contributed by atoms with van der Waals surface area (Å²) in [6.45, 7) is 3.43. The SMILES string of the molecule is CC1(Nc2cc(S(N)(=O)=O)ccc2N)CCOCC1. The maximum absolute atomic E-state index is 11.4. The van der Waals surface area contributed by atoms with Crippen LogP contribution in [-0.4, -0.2) is 27.2 Å². The van der Waals surface area contributed by atoms with Crippen LogP contribution in [0.2, 0.25) is 0 Å². The molecule has 1 saturated heterocycles. The quantitative estimate of drug-likeness (QED) is 0.715. The molecule has 0 amide bonds. The predicted octanol–water partition coefficient (Wildman–Crippen LogP) is 0.897. The molecular weight excluding hydrogens is 266 g/mol. The van der Waals surface area contributed by atoms with Gasteiger partial charge in [0.05, 0.1) is 16.3 Å². The number of nitrogen functional groups attached to an aromatic ring is 1. The van der Waals surface area contributed by atoms with Gasteiger partial charge in [-0.1, -0.05) is 0 Å². The molecule has 0 saturated carbocycles. The zero-order chi connectivity index (χ0) is 14.1. The van der Waals surface area contributed by atoms with Crippen LogP contribution in [0.3, 0.4) is 0 Å². The fourth-order valence-corrected chi connectivity index (χ4v) is 2.63. The molecular formula is C12H19N3O3S. The minimum Gasteiger partial charge on any atom is -0.397 e. The molecule has 1 heterocycles. The van der Waals surface area contributed by atoms with Gasteiger partial charge >= 0.3 is 0 Å². The number of sulfonamides is 1. The van der Waals surface area contributed by atoms with E-state index in [0.717, 1.165) is 12.8 Å². The second-order valence-electron chi connectivity index (χ2n) is 5.09. The van der Waals surface area contributed by atoms with Crippen LogP contribution < -0.4 is 16.2 Å². The summed E-state index contributed by atoms with van der Waals surface area (Å²) in [7, 11) is -3.72. The van der Waals surface area contributed by atoms with E-state index in [2.05, 4.69) is 12.2 Å². The maximum Gasteiger partial charge on any atom is 0.238 e. The Bertz CT molecular complexity index is 566. The van der Waals surface area contributed by atoms with E-state index < -0.39 is 10.0 Å². The fourth-order valence-electron chi connectivity index (χ4n) is 2.09. The summed E-state index contributed by atoms with van der Waals surface area (Å²) >= 11 is 0. The van der Waals surface area contributed by atoms with Crippen molar-refractivity contribution in [2.24, 2.45) is 5.14 Å². The van der Waals surface area contributed by atoms with Crippen molar-refractivity contribution < 1.29 is 13.2 Å². The van der Waals surface area contributed by atoms with E-state index >= 15 is 0 Å². The van der Waals surface area contributed by atoms with Crippen LogP contribution in [0.25, 0.3) is 0 Å². The normalized spacial score (nSPS) is 19.1. The van der Waals surface area contributed by atoms with Gasteiger partial charge in [-0.25, -0.2) is 13.6 Å². The fraction of sp³-hybridized carbons (Fsp3) is 0.500. The van der Waals surface area contributed by atoms with E-state index in [0.29, 0.717) is 24.6 Å². The van der Waals surface area contributed by atoms with E-state index in [-0.39, 0.29) is 10.4 Å². The molecule has 1 aromatic rings. The van der Waals surface area contributed by atoms with Crippen molar-refractivity contribution in [3.05, 3.63) is 18.2 Å². The van der Waals surface area contributed by atoms with Crippen molar-refractivity contribution in [1.82, 2.24) is 0 Å². The Kier molecular flexibility index (Phi) is 3.71. The largest absolute Gasteiger partial charge is 0.397 e. The molecule has 6 nitrogen and oxygen atoms in total. The molecule has 19 heavy (non-hydrogen) atoms. The van der Waals surface area contributed by atoms with E-state index in [4.69, 9.17) is 15.6 Å². The summed E-state index contributed by atoms with van der Waals surface area (Å²) in [5.41, 5.74) is 6.82. The van der Waals surface area contributed by atoms with Crippen molar-refractivity contribution in [3.63, 3.8) is 0 Å². The highest BCUT2D eigenvalue weighted by Gasteiger charge is 2.27. The lowest BCUT2D eigenvalue weighted by Gasteiger charge is -2.35. The van der Waals surface area contributed by atoms with Gasteiger partial charge in [0.15, 0.2) is 0 Å². The van der Waals surface area contributed by atoms with Gasteiger partial charge in [-0.15, -0.1) is 0 Å². The Morgan fingerprint density at radius 2 is 1.95 bits per heavy atom. The first-order valence-corrected chi connectivity index (χ1v) is 7.63. The molecule has 7 heteroatoms. The van der Waals surface area contributed by atoms with Crippen LogP contribution in [0, 0.1) is 0 Å². The third kappa shape index (κ3) is 3.37. The number of primary sulfonamides is 1. The molecule has 0 bridgehead atoms. The lowest BCUT2D eigenvalue weighted by molar-refractivity contribution is 0.0658. The Balaban J connectivity index is 2.29. The van der Waals surface area contributed by atoms with Crippen molar-refractivity contribution in [2.75, 3.05) is 24.3 Å². The number of hydrogen-bond donors (Lipinski definition) is 3. The van der Waals surface area contributed by atoms with Gasteiger partial charge < -0.3 is 15.8 Å². The second kappa shape index (κ2) is 4.99. The van der Waals surface area contributed by atoms with Gasteiger partial charge in [-0.05, 0) is 38.0 Å². The number of rotatable bonds is 3. The lowest BCUT2D eigenvalue weighted by atomic mass is 9.92. The Morgan fingerprint density at radius 3 is 2.53 bits per heavy atom. The van der Waals surface area contributed by atoms with E-state index in [9.17, 15) is 8.42 Å². The van der Waals surface area contributed by atoms with Crippen LogP contribution >= 0.6 is 0 Å². The van der Waals surface area contributed by atoms with Crippen molar-refractivity contribution >= 4 is 21.4 Å². The van der Waals surface area contributed by atoms with Gasteiger partial charge in [0.2, 0.25) is 10.0 Å². The highest BCUT2D eigenvalue weighted by molar-refractivity contribution is 7.89. The monoisotopic (exact) mass is 285 g/mol.